The molecule has 14 heavy (non-hydrogen) atoms. The molecule has 0 aliphatic heterocycles. The first kappa shape index (κ1) is 9.98. The molecule has 0 spiro atoms. The van der Waals surface area contributed by atoms with E-state index in [-0.39, 0.29) is 15.6 Å². The van der Waals surface area contributed by atoms with Gasteiger partial charge < -0.3 is 0 Å². The lowest BCUT2D eigenvalue weighted by Crippen LogP contribution is -1.86. The molecule has 0 unspecified atom stereocenters. The molecule has 0 fully saturated rings. The monoisotopic (exact) mass is 280 g/mol. The molecule has 0 saturated carbocycles. The summed E-state index contributed by atoms with van der Waals surface area (Å²) in [5, 5.41) is 1.89. The van der Waals surface area contributed by atoms with Gasteiger partial charge in [-0.15, -0.1) is 11.3 Å². The van der Waals surface area contributed by atoms with Crippen molar-refractivity contribution in [3.05, 3.63) is 33.4 Å². The summed E-state index contributed by atoms with van der Waals surface area (Å²) in [6.07, 6.45) is -2.58. The predicted octanol–water partition coefficient (Wildman–Crippen LogP) is 4.74. The Labute approximate surface area is 90.5 Å². The van der Waals surface area contributed by atoms with Crippen LogP contribution >= 0.6 is 27.3 Å². The van der Waals surface area contributed by atoms with Crippen LogP contribution in [0.25, 0.3) is 10.1 Å². The van der Waals surface area contributed by atoms with Gasteiger partial charge in [-0.3, -0.25) is 0 Å². The predicted molar refractivity (Wildman–Crippen MR) is 54.4 cm³/mol. The van der Waals surface area contributed by atoms with Crippen LogP contribution in [0.4, 0.5) is 13.2 Å². The summed E-state index contributed by atoms with van der Waals surface area (Å²) in [7, 11) is 0. The molecule has 74 valence electrons. The van der Waals surface area contributed by atoms with Gasteiger partial charge in [-0.1, -0.05) is 0 Å². The highest BCUT2D eigenvalue weighted by Gasteiger charge is 2.17. The second-order valence-electron chi connectivity index (χ2n) is 2.73. The molecule has 0 radical (unpaired) electrons. The summed E-state index contributed by atoms with van der Waals surface area (Å²) in [5.74, 6) is -0.458. The van der Waals surface area contributed by atoms with Crippen molar-refractivity contribution >= 4 is 37.4 Å². The molecular formula is C9H4BrF3S. The molecule has 1 heterocycles. The van der Waals surface area contributed by atoms with E-state index in [4.69, 9.17) is 0 Å². The van der Waals surface area contributed by atoms with E-state index in [9.17, 15) is 13.2 Å². The number of halogens is 4. The Morgan fingerprint density at radius 1 is 1.29 bits per heavy atom. The smallest absolute Gasteiger partial charge is 0.205 e. The fourth-order valence-electron chi connectivity index (χ4n) is 1.29. The average Bonchev–Trinajstić information content (AvgIpc) is 2.50. The van der Waals surface area contributed by atoms with Crippen LogP contribution < -0.4 is 0 Å². The van der Waals surface area contributed by atoms with Crippen molar-refractivity contribution in [3.8, 4) is 0 Å². The quantitative estimate of drug-likeness (QED) is 0.708. The maximum Gasteiger partial charge on any atom is 0.264 e. The van der Waals surface area contributed by atoms with E-state index >= 15 is 0 Å². The number of hydrogen-bond donors (Lipinski definition) is 0. The van der Waals surface area contributed by atoms with Gasteiger partial charge in [-0.2, -0.15) is 0 Å². The van der Waals surface area contributed by atoms with Gasteiger partial charge in [-0.05, 0) is 28.1 Å². The lowest BCUT2D eigenvalue weighted by molar-refractivity contribution is 0.153. The van der Waals surface area contributed by atoms with Gasteiger partial charge >= 0.3 is 0 Å². The molecule has 0 atom stereocenters. The Balaban J connectivity index is 2.85. The first-order chi connectivity index (χ1) is 6.61. The van der Waals surface area contributed by atoms with Crippen LogP contribution in [-0.2, 0) is 0 Å². The first-order valence-corrected chi connectivity index (χ1v) is 5.41. The number of benzene rings is 1. The molecule has 0 aliphatic carbocycles. The van der Waals surface area contributed by atoms with Gasteiger partial charge in [0, 0.05) is 20.8 Å². The van der Waals surface area contributed by atoms with Crippen LogP contribution in [0.1, 0.15) is 12.0 Å². The molecular weight excluding hydrogens is 277 g/mol. The van der Waals surface area contributed by atoms with Crippen molar-refractivity contribution in [1.29, 1.82) is 0 Å². The summed E-state index contributed by atoms with van der Waals surface area (Å²) in [6.45, 7) is 0. The number of thiophene rings is 1. The highest BCUT2D eigenvalue weighted by Crippen LogP contribution is 2.38. The third kappa shape index (κ3) is 1.44. The van der Waals surface area contributed by atoms with Gasteiger partial charge in [0.1, 0.15) is 5.82 Å². The van der Waals surface area contributed by atoms with Crippen LogP contribution in [0.15, 0.2) is 22.0 Å². The lowest BCUT2D eigenvalue weighted by Gasteiger charge is -2.02. The Morgan fingerprint density at radius 3 is 2.64 bits per heavy atom. The second kappa shape index (κ2) is 3.55. The molecule has 0 bridgehead atoms. The lowest BCUT2D eigenvalue weighted by atomic mass is 10.1. The number of fused-ring (bicyclic) bond motifs is 1. The fourth-order valence-corrected chi connectivity index (χ4v) is 2.99. The van der Waals surface area contributed by atoms with E-state index in [1.54, 1.807) is 5.38 Å². The van der Waals surface area contributed by atoms with Crippen LogP contribution in [0.2, 0.25) is 0 Å². The second-order valence-corrected chi connectivity index (χ2v) is 4.46. The van der Waals surface area contributed by atoms with E-state index < -0.39 is 12.2 Å². The van der Waals surface area contributed by atoms with Crippen molar-refractivity contribution in [1.82, 2.24) is 0 Å². The van der Waals surface area contributed by atoms with Gasteiger partial charge in [0.25, 0.3) is 6.43 Å². The molecule has 2 rings (SSSR count). The number of rotatable bonds is 1. The van der Waals surface area contributed by atoms with Crippen LogP contribution in [0.3, 0.4) is 0 Å². The highest BCUT2D eigenvalue weighted by atomic mass is 79.9. The molecule has 0 amide bonds. The Bertz CT molecular complexity index is 478. The Kier molecular flexibility index (Phi) is 2.53. The Hall–Kier alpha value is -0.550. The summed E-state index contributed by atoms with van der Waals surface area (Å²) < 4.78 is 39.1. The van der Waals surface area contributed by atoms with Crippen molar-refractivity contribution in [2.24, 2.45) is 0 Å². The summed E-state index contributed by atoms with van der Waals surface area (Å²) in [4.78, 5) is 0. The number of hydrogen-bond acceptors (Lipinski definition) is 1. The SMILES string of the molecule is Fc1ccc(C(F)F)c2c(Br)csc12. The maximum absolute atomic E-state index is 13.2. The van der Waals surface area contributed by atoms with Crippen molar-refractivity contribution in [2.75, 3.05) is 0 Å². The van der Waals surface area contributed by atoms with Crippen LogP contribution in [0.5, 0.6) is 0 Å². The van der Waals surface area contributed by atoms with E-state index in [1.165, 1.54) is 0 Å². The molecule has 0 nitrogen and oxygen atoms in total. The fraction of sp³-hybridized carbons (Fsp3) is 0.111. The normalized spacial score (nSPS) is 11.5. The summed E-state index contributed by atoms with van der Waals surface area (Å²) in [6, 6.07) is 2.20. The molecule has 1 aromatic heterocycles. The number of alkyl halides is 2. The molecule has 2 aromatic rings. The standard InChI is InChI=1S/C9H4BrF3S/c10-5-3-14-8-6(11)2-1-4(7(5)8)9(12)13/h1-3,9H. The van der Waals surface area contributed by atoms with Gasteiger partial charge in [0.15, 0.2) is 0 Å². The van der Waals surface area contributed by atoms with Crippen molar-refractivity contribution < 1.29 is 13.2 Å². The zero-order chi connectivity index (χ0) is 10.3. The maximum atomic E-state index is 13.2. The molecule has 0 aliphatic rings. The summed E-state index contributed by atoms with van der Waals surface area (Å²) >= 11 is 4.25. The minimum absolute atomic E-state index is 0.130. The van der Waals surface area contributed by atoms with Crippen molar-refractivity contribution in [2.45, 2.75) is 6.43 Å². The van der Waals surface area contributed by atoms with Gasteiger partial charge in [0.2, 0.25) is 0 Å². The highest BCUT2D eigenvalue weighted by molar-refractivity contribution is 9.10. The van der Waals surface area contributed by atoms with Crippen molar-refractivity contribution in [3.63, 3.8) is 0 Å². The molecule has 0 saturated heterocycles. The topological polar surface area (TPSA) is 0 Å². The van der Waals surface area contributed by atoms with E-state index in [2.05, 4.69) is 15.9 Å². The summed E-state index contributed by atoms with van der Waals surface area (Å²) in [5.41, 5.74) is -0.130. The molecule has 0 N–H and O–H groups in total. The largest absolute Gasteiger partial charge is 0.264 e. The average molecular weight is 281 g/mol. The molecule has 1 aromatic carbocycles. The third-order valence-electron chi connectivity index (χ3n) is 1.90. The zero-order valence-electron chi connectivity index (χ0n) is 6.73. The third-order valence-corrected chi connectivity index (χ3v) is 3.81. The van der Waals surface area contributed by atoms with Crippen LogP contribution in [0, 0.1) is 5.82 Å². The first-order valence-electron chi connectivity index (χ1n) is 3.74. The van der Waals surface area contributed by atoms with E-state index in [0.29, 0.717) is 4.47 Å². The zero-order valence-corrected chi connectivity index (χ0v) is 9.13. The van der Waals surface area contributed by atoms with E-state index in [1.807, 2.05) is 0 Å². The van der Waals surface area contributed by atoms with E-state index in [0.717, 1.165) is 23.5 Å². The minimum atomic E-state index is -2.58. The molecule has 5 heteroatoms. The van der Waals surface area contributed by atoms with Gasteiger partial charge in [0.05, 0.1) is 4.70 Å². The van der Waals surface area contributed by atoms with Gasteiger partial charge in [-0.25, -0.2) is 13.2 Å². The van der Waals surface area contributed by atoms with Crippen LogP contribution in [-0.4, -0.2) is 0 Å². The minimum Gasteiger partial charge on any atom is -0.205 e. The Morgan fingerprint density at radius 2 is 2.00 bits per heavy atom.